The topological polar surface area (TPSA) is 61.4 Å². The number of amides is 1. The van der Waals surface area contributed by atoms with Gasteiger partial charge < -0.3 is 15.7 Å². The van der Waals surface area contributed by atoms with Crippen molar-refractivity contribution < 1.29 is 9.90 Å². The molecule has 0 bridgehead atoms. The van der Waals surface area contributed by atoms with Gasteiger partial charge in [0.05, 0.1) is 12.1 Å². The van der Waals surface area contributed by atoms with E-state index in [1.807, 2.05) is 27.7 Å². The fourth-order valence-corrected chi connectivity index (χ4v) is 1.49. The minimum Gasteiger partial charge on any atom is -0.393 e. The fraction of sp³-hybridized carbons (Fsp3) is 0.909. The van der Waals surface area contributed by atoms with Gasteiger partial charge in [0.1, 0.15) is 0 Å². The Morgan fingerprint density at radius 2 is 1.73 bits per heavy atom. The Kier molecular flexibility index (Phi) is 6.52. The van der Waals surface area contributed by atoms with Crippen molar-refractivity contribution in [3.63, 3.8) is 0 Å². The lowest BCUT2D eigenvalue weighted by Gasteiger charge is -2.21. The molecule has 0 aliphatic carbocycles. The van der Waals surface area contributed by atoms with Gasteiger partial charge in [0.2, 0.25) is 5.91 Å². The van der Waals surface area contributed by atoms with E-state index in [1.165, 1.54) is 0 Å². The summed E-state index contributed by atoms with van der Waals surface area (Å²) in [4.78, 5) is 11.5. The summed E-state index contributed by atoms with van der Waals surface area (Å²) in [6.07, 6.45) is 0.312. The van der Waals surface area contributed by atoms with Crippen LogP contribution in [0.15, 0.2) is 0 Å². The molecule has 0 aromatic carbocycles. The van der Waals surface area contributed by atoms with E-state index in [-0.39, 0.29) is 30.1 Å². The molecule has 0 saturated heterocycles. The number of hydrogen-bond donors (Lipinski definition) is 3. The molecule has 90 valence electrons. The second-order valence-corrected chi connectivity index (χ2v) is 4.54. The Balaban J connectivity index is 3.90. The lowest BCUT2D eigenvalue weighted by molar-refractivity contribution is -0.123. The predicted molar refractivity (Wildman–Crippen MR) is 61.6 cm³/mol. The lowest BCUT2D eigenvalue weighted by Crippen LogP contribution is -2.48. The molecule has 0 radical (unpaired) electrons. The molecule has 0 heterocycles. The maximum absolute atomic E-state index is 11.5. The van der Waals surface area contributed by atoms with Gasteiger partial charge in [-0.25, -0.2) is 0 Å². The Bertz CT molecular complexity index is 193. The number of nitrogens with one attached hydrogen (secondary N) is 2. The zero-order valence-electron chi connectivity index (χ0n) is 10.4. The molecule has 1 amide bonds. The molecule has 0 aliphatic heterocycles. The zero-order chi connectivity index (χ0) is 12.0. The average molecular weight is 216 g/mol. The smallest absolute Gasteiger partial charge is 0.237 e. The molecule has 0 rings (SSSR count). The summed E-state index contributed by atoms with van der Waals surface area (Å²) in [5.74, 6) is 0.00226. The van der Waals surface area contributed by atoms with Crippen LogP contribution in [0.1, 0.15) is 41.0 Å². The predicted octanol–water partition coefficient (Wildman–Crippen LogP) is 0.648. The van der Waals surface area contributed by atoms with Crippen LogP contribution in [0.25, 0.3) is 0 Å². The van der Waals surface area contributed by atoms with E-state index >= 15 is 0 Å². The molecule has 0 saturated carbocycles. The van der Waals surface area contributed by atoms with Gasteiger partial charge in [0, 0.05) is 12.1 Å². The third-order valence-corrected chi connectivity index (χ3v) is 2.05. The Morgan fingerprint density at radius 1 is 1.20 bits per heavy atom. The van der Waals surface area contributed by atoms with E-state index in [9.17, 15) is 9.90 Å². The molecular weight excluding hydrogens is 192 g/mol. The van der Waals surface area contributed by atoms with Crippen LogP contribution >= 0.6 is 0 Å². The number of carbonyl (C=O) groups is 1. The molecule has 15 heavy (non-hydrogen) atoms. The maximum Gasteiger partial charge on any atom is 0.237 e. The van der Waals surface area contributed by atoms with Gasteiger partial charge in [0.15, 0.2) is 0 Å². The molecule has 4 nitrogen and oxygen atoms in total. The third kappa shape index (κ3) is 7.33. The number of hydrogen-bond acceptors (Lipinski definition) is 3. The van der Waals surface area contributed by atoms with Crippen molar-refractivity contribution >= 4 is 5.91 Å². The van der Waals surface area contributed by atoms with Crippen molar-refractivity contribution in [3.8, 4) is 0 Å². The first kappa shape index (κ1) is 14.4. The van der Waals surface area contributed by atoms with Crippen LogP contribution in [0.3, 0.4) is 0 Å². The molecule has 0 aliphatic rings. The van der Waals surface area contributed by atoms with Crippen LogP contribution < -0.4 is 10.6 Å². The summed E-state index contributed by atoms with van der Waals surface area (Å²) in [5, 5.41) is 15.2. The SMILES string of the molecule is CC(O)CC(C)NC(C)C(=O)NC(C)C. The Labute approximate surface area is 92.4 Å². The Hall–Kier alpha value is -0.610. The van der Waals surface area contributed by atoms with E-state index in [4.69, 9.17) is 0 Å². The quantitative estimate of drug-likeness (QED) is 0.611. The van der Waals surface area contributed by atoms with Gasteiger partial charge in [-0.3, -0.25) is 4.79 Å². The summed E-state index contributed by atoms with van der Waals surface area (Å²) in [6.45, 7) is 9.41. The lowest BCUT2D eigenvalue weighted by atomic mass is 10.1. The summed E-state index contributed by atoms with van der Waals surface area (Å²) < 4.78 is 0. The van der Waals surface area contributed by atoms with Crippen molar-refractivity contribution in [2.75, 3.05) is 0 Å². The van der Waals surface area contributed by atoms with E-state index in [1.54, 1.807) is 6.92 Å². The maximum atomic E-state index is 11.5. The van der Waals surface area contributed by atoms with Crippen molar-refractivity contribution in [2.24, 2.45) is 0 Å². The second-order valence-electron chi connectivity index (χ2n) is 4.54. The molecular formula is C11H24N2O2. The van der Waals surface area contributed by atoms with E-state index in [0.29, 0.717) is 6.42 Å². The van der Waals surface area contributed by atoms with Crippen molar-refractivity contribution in [2.45, 2.75) is 65.3 Å². The van der Waals surface area contributed by atoms with Gasteiger partial charge in [-0.2, -0.15) is 0 Å². The summed E-state index contributed by atoms with van der Waals surface area (Å²) in [5.41, 5.74) is 0. The largest absolute Gasteiger partial charge is 0.393 e. The highest BCUT2D eigenvalue weighted by Gasteiger charge is 2.16. The minimum absolute atomic E-state index is 0.00226. The molecule has 0 aromatic heterocycles. The average Bonchev–Trinajstić information content (AvgIpc) is 2.00. The monoisotopic (exact) mass is 216 g/mol. The Morgan fingerprint density at radius 3 is 2.13 bits per heavy atom. The van der Waals surface area contributed by atoms with Crippen molar-refractivity contribution in [3.05, 3.63) is 0 Å². The molecule has 4 heteroatoms. The van der Waals surface area contributed by atoms with Crippen LogP contribution in [0.4, 0.5) is 0 Å². The van der Waals surface area contributed by atoms with Gasteiger partial charge >= 0.3 is 0 Å². The molecule has 0 fully saturated rings. The van der Waals surface area contributed by atoms with E-state index in [0.717, 1.165) is 0 Å². The van der Waals surface area contributed by atoms with Gasteiger partial charge in [-0.1, -0.05) is 0 Å². The molecule has 3 atom stereocenters. The highest BCUT2D eigenvalue weighted by molar-refractivity contribution is 5.81. The van der Waals surface area contributed by atoms with E-state index in [2.05, 4.69) is 10.6 Å². The highest BCUT2D eigenvalue weighted by Crippen LogP contribution is 1.98. The zero-order valence-corrected chi connectivity index (χ0v) is 10.4. The highest BCUT2D eigenvalue weighted by atomic mass is 16.3. The first-order valence-electron chi connectivity index (χ1n) is 5.57. The summed E-state index contributed by atoms with van der Waals surface area (Å²) in [6, 6.07) is 0.0767. The molecule has 0 spiro atoms. The number of aliphatic hydroxyl groups is 1. The van der Waals surface area contributed by atoms with Crippen molar-refractivity contribution in [1.82, 2.24) is 10.6 Å². The molecule has 3 N–H and O–H groups in total. The fourth-order valence-electron chi connectivity index (χ4n) is 1.49. The molecule has 3 unspecified atom stereocenters. The standard InChI is InChI=1S/C11H24N2O2/c1-7(2)12-11(15)10(5)13-8(3)6-9(4)14/h7-10,13-14H,6H2,1-5H3,(H,12,15). The first-order valence-corrected chi connectivity index (χ1v) is 5.57. The van der Waals surface area contributed by atoms with Crippen molar-refractivity contribution in [1.29, 1.82) is 0 Å². The summed E-state index contributed by atoms with van der Waals surface area (Å²) in [7, 11) is 0. The van der Waals surface area contributed by atoms with Crippen LogP contribution in [-0.4, -0.2) is 35.2 Å². The van der Waals surface area contributed by atoms with Crippen LogP contribution in [0.5, 0.6) is 0 Å². The van der Waals surface area contributed by atoms with Gasteiger partial charge in [-0.15, -0.1) is 0 Å². The number of carbonyl (C=O) groups excluding carboxylic acids is 1. The minimum atomic E-state index is -0.340. The molecule has 0 aromatic rings. The van der Waals surface area contributed by atoms with E-state index < -0.39 is 0 Å². The number of rotatable bonds is 6. The first-order chi connectivity index (χ1) is 6.82. The van der Waals surface area contributed by atoms with Gasteiger partial charge in [-0.05, 0) is 41.0 Å². The van der Waals surface area contributed by atoms with Crippen LogP contribution in [0.2, 0.25) is 0 Å². The van der Waals surface area contributed by atoms with Gasteiger partial charge in [0.25, 0.3) is 0 Å². The second kappa shape index (κ2) is 6.80. The third-order valence-electron chi connectivity index (χ3n) is 2.05. The summed E-state index contributed by atoms with van der Waals surface area (Å²) >= 11 is 0. The normalized spacial score (nSPS) is 17.3. The number of aliphatic hydroxyl groups excluding tert-OH is 1. The van der Waals surface area contributed by atoms with Crippen LogP contribution in [-0.2, 0) is 4.79 Å². The van der Waals surface area contributed by atoms with Crippen LogP contribution in [0, 0.1) is 0 Å².